The number of carbonyl (C=O) groups excluding carboxylic acids is 2. The van der Waals surface area contributed by atoms with Crippen LogP contribution in [0.3, 0.4) is 0 Å². The third kappa shape index (κ3) is 4.83. The average molecular weight is 484 g/mol. The number of benzene rings is 3. The van der Waals surface area contributed by atoms with Gasteiger partial charge in [-0.05, 0) is 29.7 Å². The van der Waals surface area contributed by atoms with E-state index in [9.17, 15) is 9.59 Å². The molecule has 0 aliphatic carbocycles. The zero-order valence-electron chi connectivity index (χ0n) is 16.9. The summed E-state index contributed by atoms with van der Waals surface area (Å²) in [7, 11) is 0. The predicted octanol–water partition coefficient (Wildman–Crippen LogP) is 6.29. The van der Waals surface area contributed by atoms with Crippen LogP contribution in [-0.4, -0.2) is 33.7 Å². The molecular formula is C24H19Cl2N3O2S. The first kappa shape index (κ1) is 22.4. The highest BCUT2D eigenvalue weighted by atomic mass is 35.5. The minimum atomic E-state index is -0.588. The highest BCUT2D eigenvalue weighted by molar-refractivity contribution is 8.15. The van der Waals surface area contributed by atoms with E-state index in [-0.39, 0.29) is 18.2 Å². The molecule has 1 aliphatic rings. The van der Waals surface area contributed by atoms with Crippen LogP contribution in [0.1, 0.15) is 6.42 Å². The van der Waals surface area contributed by atoms with Gasteiger partial charge in [-0.1, -0.05) is 77.4 Å². The predicted molar refractivity (Wildman–Crippen MR) is 134 cm³/mol. The van der Waals surface area contributed by atoms with E-state index in [1.165, 1.54) is 11.8 Å². The molecule has 2 amide bonds. The molecule has 1 N–H and O–H groups in total. The van der Waals surface area contributed by atoms with Crippen molar-refractivity contribution in [2.45, 2.75) is 11.7 Å². The number of hydrogen-bond donors (Lipinski definition) is 1. The summed E-state index contributed by atoms with van der Waals surface area (Å²) in [6.45, 7) is 4.06. The molecule has 0 saturated carbocycles. The maximum atomic E-state index is 13.0. The van der Waals surface area contributed by atoms with Crippen LogP contribution in [-0.2, 0) is 9.59 Å². The Labute approximate surface area is 200 Å². The summed E-state index contributed by atoms with van der Waals surface area (Å²) >= 11 is 13.3. The van der Waals surface area contributed by atoms with Crippen molar-refractivity contribution >= 4 is 74.1 Å². The van der Waals surface area contributed by atoms with Crippen molar-refractivity contribution in [1.29, 1.82) is 0 Å². The first-order valence-corrected chi connectivity index (χ1v) is 11.5. The fraction of sp³-hybridized carbons (Fsp3) is 0.125. The normalized spacial score (nSPS) is 17.2. The number of rotatable bonds is 6. The number of hydrogen-bond acceptors (Lipinski definition) is 4. The largest absolute Gasteiger partial charge is 0.325 e. The Morgan fingerprint density at radius 3 is 2.72 bits per heavy atom. The van der Waals surface area contributed by atoms with Gasteiger partial charge in [-0.3, -0.25) is 14.5 Å². The van der Waals surface area contributed by atoms with Crippen LogP contribution in [0.5, 0.6) is 0 Å². The number of nitrogens with zero attached hydrogens (tertiary/aromatic N) is 2. The lowest BCUT2D eigenvalue weighted by molar-refractivity contribution is -0.127. The van der Waals surface area contributed by atoms with Crippen LogP contribution >= 0.6 is 35.0 Å². The number of nitrogens with one attached hydrogen (secondary N) is 1. The minimum absolute atomic E-state index is 0.00927. The summed E-state index contributed by atoms with van der Waals surface area (Å²) in [5.41, 5.74) is 1.22. The van der Waals surface area contributed by atoms with Gasteiger partial charge in [0, 0.05) is 23.4 Å². The van der Waals surface area contributed by atoms with Crippen molar-refractivity contribution in [3.05, 3.63) is 83.4 Å². The number of anilines is 1. The number of amidine groups is 1. The number of carbonyl (C=O) groups is 2. The minimum Gasteiger partial charge on any atom is -0.325 e. The Morgan fingerprint density at radius 2 is 1.94 bits per heavy atom. The van der Waals surface area contributed by atoms with Crippen LogP contribution in [0.2, 0.25) is 10.0 Å². The quantitative estimate of drug-likeness (QED) is 0.418. The van der Waals surface area contributed by atoms with Crippen molar-refractivity contribution < 1.29 is 9.59 Å². The molecule has 5 nitrogen and oxygen atoms in total. The molecule has 3 aromatic carbocycles. The van der Waals surface area contributed by atoms with Gasteiger partial charge in [-0.15, -0.1) is 6.58 Å². The van der Waals surface area contributed by atoms with Crippen molar-refractivity contribution in [1.82, 2.24) is 4.90 Å². The van der Waals surface area contributed by atoms with Gasteiger partial charge in [0.1, 0.15) is 5.25 Å². The molecule has 162 valence electrons. The molecule has 1 heterocycles. The van der Waals surface area contributed by atoms with Gasteiger partial charge in [0.15, 0.2) is 5.17 Å². The second-order valence-electron chi connectivity index (χ2n) is 7.11. The number of halogens is 2. The van der Waals surface area contributed by atoms with Gasteiger partial charge in [0.2, 0.25) is 11.8 Å². The van der Waals surface area contributed by atoms with Crippen molar-refractivity contribution in [2.24, 2.45) is 4.99 Å². The monoisotopic (exact) mass is 483 g/mol. The molecule has 3 aromatic rings. The van der Waals surface area contributed by atoms with E-state index in [2.05, 4.69) is 11.9 Å². The third-order valence-electron chi connectivity index (χ3n) is 4.89. The maximum Gasteiger partial charge on any atom is 0.242 e. The molecular weight excluding hydrogens is 465 g/mol. The highest BCUT2D eigenvalue weighted by Crippen LogP contribution is 2.34. The van der Waals surface area contributed by atoms with Gasteiger partial charge in [-0.2, -0.15) is 0 Å². The fourth-order valence-corrected chi connectivity index (χ4v) is 5.01. The lowest BCUT2D eigenvalue weighted by atomic mass is 10.1. The van der Waals surface area contributed by atoms with Gasteiger partial charge in [-0.25, -0.2) is 4.99 Å². The zero-order valence-corrected chi connectivity index (χ0v) is 19.3. The molecule has 1 atom stereocenters. The fourth-order valence-electron chi connectivity index (χ4n) is 3.39. The molecule has 0 radical (unpaired) electrons. The maximum absolute atomic E-state index is 13.0. The van der Waals surface area contributed by atoms with Gasteiger partial charge in [0.25, 0.3) is 0 Å². The summed E-state index contributed by atoms with van der Waals surface area (Å²) in [6.07, 6.45) is 1.64. The van der Waals surface area contributed by atoms with E-state index < -0.39 is 5.25 Å². The molecule has 0 aromatic heterocycles. The topological polar surface area (TPSA) is 61.8 Å². The van der Waals surface area contributed by atoms with Crippen LogP contribution < -0.4 is 5.32 Å². The molecule has 32 heavy (non-hydrogen) atoms. The van der Waals surface area contributed by atoms with E-state index in [0.29, 0.717) is 27.4 Å². The SMILES string of the molecule is C=CCN1C(=O)C(CC(=O)Nc2ccc(Cl)cc2Cl)SC1=Nc1cccc2ccccc12. The summed E-state index contributed by atoms with van der Waals surface area (Å²) in [5.74, 6) is -0.490. The van der Waals surface area contributed by atoms with E-state index >= 15 is 0 Å². The van der Waals surface area contributed by atoms with E-state index in [1.807, 2.05) is 42.5 Å². The smallest absolute Gasteiger partial charge is 0.242 e. The Kier molecular flexibility index (Phi) is 6.84. The Balaban J connectivity index is 1.56. The number of thioether (sulfide) groups is 1. The Morgan fingerprint density at radius 1 is 1.16 bits per heavy atom. The molecule has 0 bridgehead atoms. The van der Waals surface area contributed by atoms with Crippen LogP contribution in [0.25, 0.3) is 10.8 Å². The number of aliphatic imine (C=N–C) groups is 1. The van der Waals surface area contributed by atoms with Gasteiger partial charge >= 0.3 is 0 Å². The van der Waals surface area contributed by atoms with Crippen molar-refractivity contribution in [3.8, 4) is 0 Å². The molecule has 0 spiro atoms. The molecule has 1 aliphatic heterocycles. The van der Waals surface area contributed by atoms with E-state index in [4.69, 9.17) is 28.2 Å². The third-order valence-corrected chi connectivity index (χ3v) is 6.61. The molecule has 4 rings (SSSR count). The summed E-state index contributed by atoms with van der Waals surface area (Å²) in [6, 6.07) is 18.6. The first-order chi connectivity index (χ1) is 15.5. The Bertz CT molecular complexity index is 1240. The van der Waals surface area contributed by atoms with Gasteiger partial charge in [0.05, 0.1) is 16.4 Å². The van der Waals surface area contributed by atoms with Crippen LogP contribution in [0.15, 0.2) is 78.3 Å². The van der Waals surface area contributed by atoms with Crippen molar-refractivity contribution in [3.63, 3.8) is 0 Å². The van der Waals surface area contributed by atoms with Crippen molar-refractivity contribution in [2.75, 3.05) is 11.9 Å². The van der Waals surface area contributed by atoms with Gasteiger partial charge < -0.3 is 5.32 Å². The number of fused-ring (bicyclic) bond motifs is 1. The molecule has 8 heteroatoms. The van der Waals surface area contributed by atoms with E-state index in [0.717, 1.165) is 16.5 Å². The standard InChI is InChI=1S/C24H19Cl2N3O2S/c1-2-12-29-23(31)21(14-22(30)27-20-11-10-16(25)13-18(20)26)32-24(29)28-19-9-5-7-15-6-3-4-8-17(15)19/h2-11,13,21H,1,12,14H2,(H,27,30). The summed E-state index contributed by atoms with van der Waals surface area (Å²) in [5, 5.41) is 5.58. The first-order valence-electron chi connectivity index (χ1n) is 9.86. The molecule has 1 unspecified atom stereocenters. The summed E-state index contributed by atoms with van der Waals surface area (Å²) in [4.78, 5) is 32.0. The molecule has 1 fully saturated rings. The van der Waals surface area contributed by atoms with Crippen LogP contribution in [0.4, 0.5) is 11.4 Å². The lowest BCUT2D eigenvalue weighted by Gasteiger charge is -2.14. The average Bonchev–Trinajstić information content (AvgIpc) is 3.05. The second-order valence-corrected chi connectivity index (χ2v) is 9.13. The van der Waals surface area contributed by atoms with E-state index in [1.54, 1.807) is 29.2 Å². The second kappa shape index (κ2) is 9.77. The lowest BCUT2D eigenvalue weighted by Crippen LogP contribution is -2.33. The van der Waals surface area contributed by atoms with Crippen LogP contribution in [0, 0.1) is 0 Å². The molecule has 1 saturated heterocycles. The Hall–Kier alpha value is -2.80. The number of amides is 2. The summed E-state index contributed by atoms with van der Waals surface area (Å²) < 4.78 is 0. The highest BCUT2D eigenvalue weighted by Gasteiger charge is 2.38. The zero-order chi connectivity index (χ0) is 22.7.